The molecule has 0 spiro atoms. The van der Waals surface area contributed by atoms with Crippen LogP contribution in [0.25, 0.3) is 0 Å². The van der Waals surface area contributed by atoms with Gasteiger partial charge in [-0.15, -0.1) is 0 Å². The van der Waals surface area contributed by atoms with Crippen LogP contribution in [-0.2, 0) is 16.1 Å². The van der Waals surface area contributed by atoms with E-state index in [1.54, 1.807) is 12.4 Å². The molecule has 0 amide bonds. The van der Waals surface area contributed by atoms with E-state index in [1.165, 1.54) is 0 Å². The normalized spacial score (nSPS) is 24.0. The van der Waals surface area contributed by atoms with Crippen LogP contribution in [0.5, 0.6) is 0 Å². The molecular weight excluding hydrogens is 236 g/mol. The molecule has 2 N–H and O–H groups in total. The van der Waals surface area contributed by atoms with Gasteiger partial charge in [0.25, 0.3) is 0 Å². The van der Waals surface area contributed by atoms with E-state index in [1.807, 2.05) is 17.0 Å². The van der Waals surface area contributed by atoms with Crippen molar-refractivity contribution in [2.45, 2.75) is 6.54 Å². The maximum absolute atomic E-state index is 11.0. The van der Waals surface area contributed by atoms with Crippen LogP contribution < -0.4 is 0 Å². The Labute approximate surface area is 104 Å². The number of carboxylic acids is 2. The third kappa shape index (κ3) is 2.65. The minimum atomic E-state index is -1.04. The fourth-order valence-corrected chi connectivity index (χ4v) is 2.26. The topological polar surface area (TPSA) is 90.7 Å². The monoisotopic (exact) mass is 250 g/mol. The average molecular weight is 250 g/mol. The first-order valence-electron chi connectivity index (χ1n) is 5.65. The summed E-state index contributed by atoms with van der Waals surface area (Å²) in [5.74, 6) is -3.74. The molecule has 96 valence electrons. The Balaban J connectivity index is 2.05. The Morgan fingerprint density at radius 2 is 1.67 bits per heavy atom. The quantitative estimate of drug-likeness (QED) is 0.798. The molecule has 1 aromatic heterocycles. The summed E-state index contributed by atoms with van der Waals surface area (Å²) in [5.41, 5.74) is 1.00. The fourth-order valence-electron chi connectivity index (χ4n) is 2.26. The summed E-state index contributed by atoms with van der Waals surface area (Å²) in [6.45, 7) is 1.10. The number of carboxylic acid groups (broad SMARTS) is 2. The molecule has 0 aromatic carbocycles. The molecule has 2 heterocycles. The molecule has 1 saturated heterocycles. The highest BCUT2D eigenvalue weighted by Gasteiger charge is 2.41. The molecule has 1 aliphatic rings. The number of aliphatic carboxylic acids is 2. The maximum Gasteiger partial charge on any atom is 0.308 e. The van der Waals surface area contributed by atoms with Crippen LogP contribution in [-0.4, -0.2) is 45.1 Å². The van der Waals surface area contributed by atoms with E-state index in [0.29, 0.717) is 6.54 Å². The van der Waals surface area contributed by atoms with E-state index < -0.39 is 23.8 Å². The molecule has 2 atom stereocenters. The third-order valence-corrected chi connectivity index (χ3v) is 3.19. The van der Waals surface area contributed by atoms with Crippen molar-refractivity contribution >= 4 is 11.9 Å². The van der Waals surface area contributed by atoms with E-state index >= 15 is 0 Å². The zero-order valence-corrected chi connectivity index (χ0v) is 9.69. The van der Waals surface area contributed by atoms with Gasteiger partial charge in [-0.1, -0.05) is 0 Å². The second kappa shape index (κ2) is 5.14. The SMILES string of the molecule is O=C(O)[C@H]1CN(Cc2ccncc2)C[C@@H]1C(=O)O. The number of hydrogen-bond acceptors (Lipinski definition) is 4. The van der Waals surface area contributed by atoms with Gasteiger partial charge in [0, 0.05) is 32.0 Å². The van der Waals surface area contributed by atoms with Crippen LogP contribution in [0.15, 0.2) is 24.5 Å². The molecule has 0 aliphatic carbocycles. The van der Waals surface area contributed by atoms with Crippen molar-refractivity contribution in [3.63, 3.8) is 0 Å². The maximum atomic E-state index is 11.0. The summed E-state index contributed by atoms with van der Waals surface area (Å²) in [5, 5.41) is 18.0. The van der Waals surface area contributed by atoms with Gasteiger partial charge in [-0.05, 0) is 17.7 Å². The first kappa shape index (κ1) is 12.5. The predicted molar refractivity (Wildman–Crippen MR) is 61.8 cm³/mol. The predicted octanol–water partition coefficient (Wildman–Crippen LogP) is 0.299. The van der Waals surface area contributed by atoms with Crippen LogP contribution in [0.1, 0.15) is 5.56 Å². The Morgan fingerprint density at radius 3 is 2.11 bits per heavy atom. The summed E-state index contributed by atoms with van der Waals surface area (Å²) in [6.07, 6.45) is 3.32. The number of aromatic nitrogens is 1. The molecule has 0 saturated carbocycles. The third-order valence-electron chi connectivity index (χ3n) is 3.19. The van der Waals surface area contributed by atoms with Gasteiger partial charge in [-0.2, -0.15) is 0 Å². The molecule has 6 heteroatoms. The summed E-state index contributed by atoms with van der Waals surface area (Å²) in [6, 6.07) is 3.67. The van der Waals surface area contributed by atoms with Crippen molar-refractivity contribution in [2.24, 2.45) is 11.8 Å². The zero-order valence-electron chi connectivity index (χ0n) is 9.69. The van der Waals surface area contributed by atoms with Crippen molar-refractivity contribution in [3.8, 4) is 0 Å². The highest BCUT2D eigenvalue weighted by Crippen LogP contribution is 2.25. The lowest BCUT2D eigenvalue weighted by Crippen LogP contribution is -2.28. The molecule has 0 unspecified atom stereocenters. The summed E-state index contributed by atoms with van der Waals surface area (Å²) in [4.78, 5) is 27.8. The molecule has 0 bridgehead atoms. The van der Waals surface area contributed by atoms with Crippen LogP contribution in [0.4, 0.5) is 0 Å². The van der Waals surface area contributed by atoms with Gasteiger partial charge < -0.3 is 10.2 Å². The van der Waals surface area contributed by atoms with Crippen molar-refractivity contribution in [2.75, 3.05) is 13.1 Å². The Morgan fingerprint density at radius 1 is 1.17 bits per heavy atom. The van der Waals surface area contributed by atoms with Gasteiger partial charge in [0.2, 0.25) is 0 Å². The standard InChI is InChI=1S/C12H14N2O4/c15-11(16)9-6-14(7-10(9)12(17)18)5-8-1-3-13-4-2-8/h1-4,9-10H,5-7H2,(H,15,16)(H,17,18)/t9-,10-/m0/s1. The van der Waals surface area contributed by atoms with Crippen LogP contribution in [0, 0.1) is 11.8 Å². The largest absolute Gasteiger partial charge is 0.481 e. The smallest absolute Gasteiger partial charge is 0.308 e. The Hall–Kier alpha value is -1.95. The molecule has 0 radical (unpaired) electrons. The Bertz CT molecular complexity index is 427. The van der Waals surface area contributed by atoms with E-state index in [9.17, 15) is 9.59 Å². The van der Waals surface area contributed by atoms with Crippen molar-refractivity contribution < 1.29 is 19.8 Å². The minimum Gasteiger partial charge on any atom is -0.481 e. The highest BCUT2D eigenvalue weighted by atomic mass is 16.4. The number of hydrogen-bond donors (Lipinski definition) is 2. The zero-order chi connectivity index (χ0) is 13.1. The van der Waals surface area contributed by atoms with Gasteiger partial charge in [-0.25, -0.2) is 0 Å². The average Bonchev–Trinajstić information content (AvgIpc) is 2.74. The Kier molecular flexibility index (Phi) is 3.57. The number of carbonyl (C=O) groups is 2. The van der Waals surface area contributed by atoms with Crippen molar-refractivity contribution in [1.82, 2.24) is 9.88 Å². The van der Waals surface area contributed by atoms with E-state index in [-0.39, 0.29) is 13.1 Å². The van der Waals surface area contributed by atoms with Gasteiger partial charge in [-0.3, -0.25) is 19.5 Å². The minimum absolute atomic E-state index is 0.272. The molecule has 1 fully saturated rings. The van der Waals surface area contributed by atoms with Crippen molar-refractivity contribution in [3.05, 3.63) is 30.1 Å². The molecule has 1 aliphatic heterocycles. The lowest BCUT2D eigenvalue weighted by molar-refractivity contribution is -0.151. The van der Waals surface area contributed by atoms with Gasteiger partial charge in [0.05, 0.1) is 11.8 Å². The number of pyridine rings is 1. The molecule has 1 aromatic rings. The first-order valence-corrected chi connectivity index (χ1v) is 5.65. The lowest BCUT2D eigenvalue weighted by atomic mass is 9.97. The molecule has 2 rings (SSSR count). The van der Waals surface area contributed by atoms with Crippen LogP contribution in [0.2, 0.25) is 0 Å². The highest BCUT2D eigenvalue weighted by molar-refractivity contribution is 5.81. The number of likely N-dealkylation sites (tertiary alicyclic amines) is 1. The van der Waals surface area contributed by atoms with E-state index in [4.69, 9.17) is 10.2 Å². The second-order valence-electron chi connectivity index (χ2n) is 4.44. The molecular formula is C12H14N2O4. The van der Waals surface area contributed by atoms with Crippen molar-refractivity contribution in [1.29, 1.82) is 0 Å². The second-order valence-corrected chi connectivity index (χ2v) is 4.44. The fraction of sp³-hybridized carbons (Fsp3) is 0.417. The lowest BCUT2D eigenvalue weighted by Gasteiger charge is -2.14. The number of rotatable bonds is 4. The van der Waals surface area contributed by atoms with Gasteiger partial charge in [0.1, 0.15) is 0 Å². The van der Waals surface area contributed by atoms with Gasteiger partial charge >= 0.3 is 11.9 Å². The van der Waals surface area contributed by atoms with E-state index in [0.717, 1.165) is 5.56 Å². The molecule has 18 heavy (non-hydrogen) atoms. The summed E-state index contributed by atoms with van der Waals surface area (Å²) in [7, 11) is 0. The first-order chi connectivity index (χ1) is 8.58. The van der Waals surface area contributed by atoms with Gasteiger partial charge in [0.15, 0.2) is 0 Å². The van der Waals surface area contributed by atoms with E-state index in [2.05, 4.69) is 4.98 Å². The van der Waals surface area contributed by atoms with Crippen LogP contribution in [0.3, 0.4) is 0 Å². The summed E-state index contributed by atoms with van der Waals surface area (Å²) >= 11 is 0. The molecule has 6 nitrogen and oxygen atoms in total. The van der Waals surface area contributed by atoms with Crippen LogP contribution >= 0.6 is 0 Å². The number of nitrogens with zero attached hydrogens (tertiary/aromatic N) is 2. The summed E-state index contributed by atoms with van der Waals surface area (Å²) < 4.78 is 0.